The molecule has 2 amide bonds. The quantitative estimate of drug-likeness (QED) is 0.304. The lowest BCUT2D eigenvalue weighted by atomic mass is 9.96. The molecule has 41 heavy (non-hydrogen) atoms. The first-order valence-electron chi connectivity index (χ1n) is 13.6. The van der Waals surface area contributed by atoms with Crippen LogP contribution in [0.15, 0.2) is 66.0 Å². The third-order valence-corrected chi connectivity index (χ3v) is 9.94. The van der Waals surface area contributed by atoms with Crippen molar-refractivity contribution in [2.75, 3.05) is 18.1 Å². The number of hydrogen-bond donors (Lipinski definition) is 0. The standard InChI is InChI=1S/C31H29N3O5S2/c1-3-15-32-29(37)27(41-31(32)38)30-33(18-26(35)39-4-2)28(36)25(40-30)17-19-13-14-24-22(16-19)21-11-8-12-23(21)34(24)20-9-6-5-7-10-20/h3,5-7,9-10,13-14,16-17,21,23H,1,4,8,11-12,15,18H2,2H3/b25-17+,30-27+. The molecule has 6 rings (SSSR count). The van der Waals surface area contributed by atoms with E-state index in [4.69, 9.17) is 4.74 Å². The summed E-state index contributed by atoms with van der Waals surface area (Å²) in [6.45, 7) is 5.19. The molecule has 0 bridgehead atoms. The number of esters is 1. The minimum absolute atomic E-state index is 0.0674. The number of nitrogens with zero attached hydrogens (tertiary/aromatic N) is 3. The van der Waals surface area contributed by atoms with E-state index in [2.05, 4.69) is 47.9 Å². The average Bonchev–Trinajstić information content (AvgIpc) is 3.70. The number of carbonyl (C=O) groups is 3. The molecule has 0 N–H and O–H groups in total. The Morgan fingerprint density at radius 3 is 2.68 bits per heavy atom. The first-order chi connectivity index (χ1) is 19.9. The number of amides is 2. The molecule has 1 aliphatic carbocycles. The number of carbonyl (C=O) groups excluding carboxylic acids is 3. The van der Waals surface area contributed by atoms with Crippen LogP contribution < -0.4 is 19.7 Å². The molecule has 2 atom stereocenters. The molecule has 1 saturated carbocycles. The van der Waals surface area contributed by atoms with Crippen molar-refractivity contribution >= 4 is 62.6 Å². The lowest BCUT2D eigenvalue weighted by molar-refractivity contribution is -0.143. The monoisotopic (exact) mass is 587 g/mol. The number of fused-ring (bicyclic) bond motifs is 3. The fourth-order valence-electron chi connectivity index (χ4n) is 6.02. The molecule has 210 valence electrons. The van der Waals surface area contributed by atoms with Gasteiger partial charge in [0.25, 0.3) is 16.7 Å². The van der Waals surface area contributed by atoms with Crippen molar-refractivity contribution < 1.29 is 19.1 Å². The van der Waals surface area contributed by atoms with E-state index in [9.17, 15) is 19.2 Å². The van der Waals surface area contributed by atoms with Gasteiger partial charge in [0.15, 0.2) is 0 Å². The predicted molar refractivity (Wildman–Crippen MR) is 162 cm³/mol. The zero-order chi connectivity index (χ0) is 28.7. The smallest absolute Gasteiger partial charge is 0.326 e. The van der Waals surface area contributed by atoms with Gasteiger partial charge in [0.2, 0.25) is 0 Å². The summed E-state index contributed by atoms with van der Waals surface area (Å²) >= 11 is 1.88. The lowest BCUT2D eigenvalue weighted by Gasteiger charge is -2.27. The fraction of sp³-hybridized carbons (Fsp3) is 0.290. The minimum Gasteiger partial charge on any atom is -0.465 e. The molecule has 0 spiro atoms. The molecule has 10 heteroatoms. The van der Waals surface area contributed by atoms with E-state index in [1.165, 1.54) is 34.0 Å². The first-order valence-corrected chi connectivity index (χ1v) is 15.3. The van der Waals surface area contributed by atoms with Gasteiger partial charge in [0.1, 0.15) is 16.1 Å². The molecule has 8 nitrogen and oxygen atoms in total. The van der Waals surface area contributed by atoms with Gasteiger partial charge in [-0.15, -0.1) is 17.9 Å². The highest BCUT2D eigenvalue weighted by Crippen LogP contribution is 2.52. The Balaban J connectivity index is 1.46. The Labute approximate surface area is 245 Å². The van der Waals surface area contributed by atoms with E-state index >= 15 is 0 Å². The molecule has 2 fully saturated rings. The van der Waals surface area contributed by atoms with Crippen molar-refractivity contribution in [1.82, 2.24) is 9.47 Å². The zero-order valence-corrected chi connectivity index (χ0v) is 24.2. The molecule has 2 aromatic carbocycles. The van der Waals surface area contributed by atoms with E-state index < -0.39 is 22.7 Å². The molecule has 3 aliphatic rings. The van der Waals surface area contributed by atoms with Gasteiger partial charge in [0, 0.05) is 29.9 Å². The number of hydrogen-bond acceptors (Lipinski definition) is 8. The Bertz CT molecular complexity index is 1740. The number of rotatable bonds is 7. The van der Waals surface area contributed by atoms with Crippen molar-refractivity contribution in [3.63, 3.8) is 0 Å². The Kier molecular flexibility index (Phi) is 7.44. The van der Waals surface area contributed by atoms with E-state index in [1.54, 1.807) is 6.92 Å². The van der Waals surface area contributed by atoms with Crippen LogP contribution >= 0.6 is 23.1 Å². The topological polar surface area (TPSA) is 88.9 Å². The fourth-order valence-corrected chi connectivity index (χ4v) is 8.15. The van der Waals surface area contributed by atoms with E-state index in [0.717, 1.165) is 46.4 Å². The highest BCUT2D eigenvalue weighted by atomic mass is 32.2. The van der Waals surface area contributed by atoms with Gasteiger partial charge in [-0.2, -0.15) is 0 Å². The van der Waals surface area contributed by atoms with Crippen LogP contribution in [0.4, 0.5) is 16.2 Å². The van der Waals surface area contributed by atoms with Crippen LogP contribution in [0.2, 0.25) is 0 Å². The van der Waals surface area contributed by atoms with Crippen molar-refractivity contribution in [3.05, 3.63) is 91.9 Å². The van der Waals surface area contributed by atoms with Gasteiger partial charge < -0.3 is 9.64 Å². The highest BCUT2D eigenvalue weighted by molar-refractivity contribution is 8.23. The van der Waals surface area contributed by atoms with Gasteiger partial charge in [0.05, 0.1) is 11.1 Å². The van der Waals surface area contributed by atoms with Crippen LogP contribution in [0.1, 0.15) is 43.2 Å². The number of thiazole rings is 1. The second kappa shape index (κ2) is 11.2. The largest absolute Gasteiger partial charge is 0.465 e. The third-order valence-electron chi connectivity index (χ3n) is 7.71. The molecular formula is C31H29N3O5S2. The number of ether oxygens (including phenoxy) is 1. The summed E-state index contributed by atoms with van der Waals surface area (Å²) in [6, 6.07) is 17.1. The van der Waals surface area contributed by atoms with Crippen molar-refractivity contribution in [2.45, 2.75) is 44.7 Å². The molecule has 0 radical (unpaired) electrons. The summed E-state index contributed by atoms with van der Waals surface area (Å²) < 4.78 is 6.99. The van der Waals surface area contributed by atoms with Gasteiger partial charge in [-0.1, -0.05) is 36.8 Å². The summed E-state index contributed by atoms with van der Waals surface area (Å²) in [5.74, 6) is -0.671. The minimum atomic E-state index is -0.587. The Morgan fingerprint density at radius 1 is 1.12 bits per heavy atom. The summed E-state index contributed by atoms with van der Waals surface area (Å²) in [4.78, 5) is 55.3. The number of aromatic nitrogens is 1. The normalized spacial score (nSPS) is 21.4. The second-order valence-corrected chi connectivity index (χ2v) is 12.1. The maximum Gasteiger partial charge on any atom is 0.326 e. The predicted octanol–water partition coefficient (Wildman–Crippen LogP) is 4.08. The molecule has 2 aliphatic heterocycles. The molecule has 3 aromatic rings. The maximum atomic E-state index is 13.6. The van der Waals surface area contributed by atoms with Crippen LogP contribution in [-0.2, 0) is 20.9 Å². The number of anilines is 2. The summed E-state index contributed by atoms with van der Waals surface area (Å²) in [6.07, 6.45) is 6.70. The molecule has 1 saturated heterocycles. The van der Waals surface area contributed by atoms with Crippen LogP contribution in [0.3, 0.4) is 0 Å². The van der Waals surface area contributed by atoms with Gasteiger partial charge in [-0.25, -0.2) is 0 Å². The number of benzene rings is 2. The molecule has 3 heterocycles. The third kappa shape index (κ3) is 4.85. The maximum absolute atomic E-state index is 13.6. The van der Waals surface area contributed by atoms with Crippen LogP contribution in [0, 0.1) is 0 Å². The van der Waals surface area contributed by atoms with Crippen LogP contribution in [-0.4, -0.2) is 45.8 Å². The first kappa shape index (κ1) is 27.3. The number of para-hydroxylation sites is 1. The zero-order valence-electron chi connectivity index (χ0n) is 22.6. The van der Waals surface area contributed by atoms with E-state index in [1.807, 2.05) is 18.2 Å². The average molecular weight is 588 g/mol. The highest BCUT2D eigenvalue weighted by Gasteiger charge is 2.42. The second-order valence-electron chi connectivity index (χ2n) is 10.1. The number of imide groups is 1. The van der Waals surface area contributed by atoms with Crippen molar-refractivity contribution in [1.29, 1.82) is 0 Å². The van der Waals surface area contributed by atoms with Crippen molar-refractivity contribution in [2.24, 2.45) is 0 Å². The van der Waals surface area contributed by atoms with Crippen LogP contribution in [0.5, 0.6) is 0 Å². The summed E-state index contributed by atoms with van der Waals surface area (Å²) in [5, 5.41) is -0.438. The summed E-state index contributed by atoms with van der Waals surface area (Å²) in [7, 11) is 0. The SMILES string of the molecule is C=CCN1C(=O)S/C(=c2/s/c(=C/c3ccc4c(c3)C3CCCC3N4c3ccccc3)c(=O)n2CC(=O)OCC)C1=O. The molecule has 2 unspecified atom stereocenters. The Morgan fingerprint density at radius 2 is 1.93 bits per heavy atom. The number of thioether (sulfide) groups is 1. The van der Waals surface area contributed by atoms with Gasteiger partial charge in [-0.05, 0) is 73.0 Å². The van der Waals surface area contributed by atoms with Gasteiger partial charge >= 0.3 is 5.97 Å². The molecule has 1 aromatic heterocycles. The van der Waals surface area contributed by atoms with Crippen LogP contribution in [0.25, 0.3) is 11.0 Å². The van der Waals surface area contributed by atoms with Gasteiger partial charge in [-0.3, -0.25) is 28.6 Å². The van der Waals surface area contributed by atoms with E-state index in [-0.39, 0.29) is 29.3 Å². The summed E-state index contributed by atoms with van der Waals surface area (Å²) in [5.41, 5.74) is 4.12. The lowest BCUT2D eigenvalue weighted by Crippen LogP contribution is -2.36. The van der Waals surface area contributed by atoms with E-state index in [0.29, 0.717) is 16.5 Å². The molecular weight excluding hydrogens is 558 g/mol. The Hall–Kier alpha value is -3.89. The van der Waals surface area contributed by atoms with Crippen molar-refractivity contribution in [3.8, 4) is 0 Å².